The summed E-state index contributed by atoms with van der Waals surface area (Å²) < 4.78 is 49.1. The molecule has 4 saturated heterocycles. The van der Waals surface area contributed by atoms with Crippen molar-refractivity contribution in [2.75, 3.05) is 52.4 Å². The number of rotatable bonds is 3. The highest BCUT2D eigenvalue weighted by atomic mass is 32.2. The minimum atomic E-state index is -3.76. The fourth-order valence-corrected chi connectivity index (χ4v) is 7.20. The van der Waals surface area contributed by atoms with E-state index in [0.29, 0.717) is 37.6 Å². The van der Waals surface area contributed by atoms with E-state index < -0.39 is 46.6 Å². The number of hydrogen-bond acceptors (Lipinski definition) is 11. The molecule has 1 aromatic rings. The number of aliphatic hydroxyl groups is 2. The topological polar surface area (TPSA) is 167 Å². The number of ether oxygens (including phenoxy) is 4. The molecule has 14 nitrogen and oxygen atoms in total. The van der Waals surface area contributed by atoms with Crippen molar-refractivity contribution >= 4 is 21.8 Å². The summed E-state index contributed by atoms with van der Waals surface area (Å²) in [4.78, 5) is 30.7. The number of carbonyl (C=O) groups is 2. The molecule has 0 spiro atoms. The van der Waals surface area contributed by atoms with Gasteiger partial charge in [0.25, 0.3) is 0 Å². The zero-order valence-electron chi connectivity index (χ0n) is 22.8. The maximum absolute atomic E-state index is 13.9. The van der Waals surface area contributed by atoms with Crippen molar-refractivity contribution in [1.82, 2.24) is 19.4 Å². The van der Waals surface area contributed by atoms with Crippen LogP contribution in [0.3, 0.4) is 0 Å². The molecule has 0 aliphatic carbocycles. The van der Waals surface area contributed by atoms with Crippen LogP contribution in [0.5, 0.6) is 11.5 Å². The van der Waals surface area contributed by atoms with Gasteiger partial charge in [0.05, 0.1) is 37.5 Å². The Kier molecular flexibility index (Phi) is 7.86. The molecule has 1 aromatic carbocycles. The van der Waals surface area contributed by atoms with Crippen molar-refractivity contribution < 1.29 is 47.2 Å². The van der Waals surface area contributed by atoms with E-state index in [4.69, 9.17) is 18.9 Å². The standard InChI is InChI=1S/C26H36N4O10S/c1-41(35,36)30-12-17-11-28(4-5-37-17)26(34)18-7-16(27-23(31)8-21-24(32)25(33)22(13-30)40-21)10-29(18)9-15-2-3-19-20(6-15)39-14-38-19/h2-3,6,16-18,21-22,24-25,32-33H,4-5,7-14H2,1H3,(H,27,31)/t16-,17-,18-,21-,22+,24-,25+/m0/s1. The molecule has 5 aliphatic heterocycles. The summed E-state index contributed by atoms with van der Waals surface area (Å²) in [6.07, 6.45) is -4.14. The lowest BCUT2D eigenvalue weighted by molar-refractivity contribution is -0.144. The Morgan fingerprint density at radius 3 is 2.61 bits per heavy atom. The first-order chi connectivity index (χ1) is 19.5. The maximum atomic E-state index is 13.9. The lowest BCUT2D eigenvalue weighted by Crippen LogP contribution is -2.55. The molecule has 15 heteroatoms. The summed E-state index contributed by atoms with van der Waals surface area (Å²) in [5.74, 6) is 0.808. The quantitative estimate of drug-likeness (QED) is 0.348. The van der Waals surface area contributed by atoms with E-state index in [9.17, 15) is 28.2 Å². The summed E-state index contributed by atoms with van der Waals surface area (Å²) >= 11 is 0. The third-order valence-corrected chi connectivity index (χ3v) is 9.67. The predicted octanol–water partition coefficient (Wildman–Crippen LogP) is -2.14. The van der Waals surface area contributed by atoms with Gasteiger partial charge >= 0.3 is 0 Å². The summed E-state index contributed by atoms with van der Waals surface area (Å²) in [6.45, 7) is 1.53. The van der Waals surface area contributed by atoms with Crippen molar-refractivity contribution in [2.45, 2.75) is 62.0 Å². The minimum Gasteiger partial charge on any atom is -0.454 e. The second-order valence-corrected chi connectivity index (χ2v) is 13.4. The van der Waals surface area contributed by atoms with Crippen molar-refractivity contribution in [3.63, 3.8) is 0 Å². The van der Waals surface area contributed by atoms with Gasteiger partial charge in [0.1, 0.15) is 18.3 Å². The zero-order valence-corrected chi connectivity index (χ0v) is 23.6. The number of nitrogens with zero attached hydrogens (tertiary/aromatic N) is 3. The molecule has 5 aliphatic rings. The van der Waals surface area contributed by atoms with Crippen LogP contribution in [0, 0.1) is 0 Å². The van der Waals surface area contributed by atoms with Crippen LogP contribution < -0.4 is 14.8 Å². The number of morpholine rings is 1. The third-order valence-electron chi connectivity index (χ3n) is 8.43. The van der Waals surface area contributed by atoms with Crippen LogP contribution >= 0.6 is 0 Å². The smallest absolute Gasteiger partial charge is 0.240 e. The molecule has 7 atom stereocenters. The maximum Gasteiger partial charge on any atom is 0.240 e. The first kappa shape index (κ1) is 28.6. The van der Waals surface area contributed by atoms with E-state index in [1.807, 2.05) is 23.1 Å². The summed E-state index contributed by atoms with van der Waals surface area (Å²) in [6, 6.07) is 4.79. The average molecular weight is 597 g/mol. The predicted molar refractivity (Wildman–Crippen MR) is 141 cm³/mol. The van der Waals surface area contributed by atoms with E-state index in [2.05, 4.69) is 5.32 Å². The third kappa shape index (κ3) is 6.02. The molecular weight excluding hydrogens is 560 g/mol. The normalized spacial score (nSPS) is 35.1. The lowest BCUT2D eigenvalue weighted by Gasteiger charge is -2.38. The zero-order chi connectivity index (χ0) is 28.9. The molecule has 41 heavy (non-hydrogen) atoms. The van der Waals surface area contributed by atoms with Gasteiger partial charge in [0.2, 0.25) is 28.6 Å². The number of amides is 2. The molecule has 226 valence electrons. The Morgan fingerprint density at radius 1 is 1.02 bits per heavy atom. The van der Waals surface area contributed by atoms with E-state index in [0.717, 1.165) is 16.1 Å². The molecule has 0 aromatic heterocycles. The Morgan fingerprint density at radius 2 is 1.80 bits per heavy atom. The highest BCUT2D eigenvalue weighted by molar-refractivity contribution is 7.88. The molecule has 3 N–H and O–H groups in total. The minimum absolute atomic E-state index is 0.0509. The van der Waals surface area contributed by atoms with Crippen molar-refractivity contribution in [2.24, 2.45) is 0 Å². The van der Waals surface area contributed by atoms with Gasteiger partial charge in [0, 0.05) is 45.3 Å². The second kappa shape index (κ2) is 11.3. The molecule has 6 rings (SSSR count). The number of aliphatic hydroxyl groups excluding tert-OH is 2. The number of fused-ring (bicyclic) bond motifs is 7. The molecular formula is C26H36N4O10S. The Labute approximate surface area is 238 Å². The van der Waals surface area contributed by atoms with Gasteiger partial charge < -0.3 is 39.4 Å². The number of sulfonamides is 1. The number of likely N-dealkylation sites (tertiary alicyclic amines) is 1. The van der Waals surface area contributed by atoms with Crippen LogP contribution in [0.15, 0.2) is 18.2 Å². The van der Waals surface area contributed by atoms with Crippen LogP contribution in [-0.4, -0.2) is 140 Å². The van der Waals surface area contributed by atoms with Gasteiger partial charge in [-0.1, -0.05) is 6.07 Å². The van der Waals surface area contributed by atoms with Gasteiger partial charge in [-0.3, -0.25) is 14.5 Å². The molecule has 4 fully saturated rings. The summed E-state index contributed by atoms with van der Waals surface area (Å²) in [5.41, 5.74) is 0.927. The molecule has 0 radical (unpaired) electrons. The summed E-state index contributed by atoms with van der Waals surface area (Å²) in [5, 5.41) is 24.2. The fourth-order valence-electron chi connectivity index (χ4n) is 6.34. The molecule has 2 amide bonds. The number of nitrogens with one attached hydrogen (secondary N) is 1. The Balaban J connectivity index is 1.27. The average Bonchev–Trinajstić information content (AvgIpc) is 3.61. The van der Waals surface area contributed by atoms with E-state index in [1.165, 1.54) is 0 Å². The Hall–Kier alpha value is -2.53. The first-order valence-corrected chi connectivity index (χ1v) is 15.7. The molecule has 0 saturated carbocycles. The Bertz CT molecular complexity index is 1280. The number of benzene rings is 1. The number of carbonyl (C=O) groups excluding carboxylic acids is 2. The summed E-state index contributed by atoms with van der Waals surface area (Å²) in [7, 11) is -3.76. The van der Waals surface area contributed by atoms with E-state index >= 15 is 0 Å². The SMILES string of the molecule is CS(=O)(=O)N1C[C@@H]2CN(CCO2)C(=O)[C@@H]2C[C@@H](CN2Cc2ccc3c(c2)OCO3)NC(=O)C[C@@H]2O[C@H](C1)[C@@H](O)[C@H]2O. The van der Waals surface area contributed by atoms with E-state index in [1.54, 1.807) is 4.90 Å². The first-order valence-electron chi connectivity index (χ1n) is 13.8. The van der Waals surface area contributed by atoms with E-state index in [-0.39, 0.29) is 57.3 Å². The van der Waals surface area contributed by atoms with Crippen LogP contribution in [-0.2, 0) is 35.6 Å². The van der Waals surface area contributed by atoms with Crippen molar-refractivity contribution in [3.05, 3.63) is 23.8 Å². The largest absolute Gasteiger partial charge is 0.454 e. The van der Waals surface area contributed by atoms with Crippen LogP contribution in [0.25, 0.3) is 0 Å². The van der Waals surface area contributed by atoms with Gasteiger partial charge in [-0.25, -0.2) is 8.42 Å². The molecule has 5 heterocycles. The van der Waals surface area contributed by atoms with Crippen LogP contribution in [0.2, 0.25) is 0 Å². The van der Waals surface area contributed by atoms with Crippen LogP contribution in [0.4, 0.5) is 0 Å². The number of hydrogen-bond donors (Lipinski definition) is 3. The van der Waals surface area contributed by atoms with Gasteiger partial charge in [-0.15, -0.1) is 0 Å². The fraction of sp³-hybridized carbons (Fsp3) is 0.692. The van der Waals surface area contributed by atoms with Crippen LogP contribution in [0.1, 0.15) is 18.4 Å². The molecule has 0 unspecified atom stereocenters. The second-order valence-electron chi connectivity index (χ2n) is 11.4. The monoisotopic (exact) mass is 596 g/mol. The molecule has 6 bridgehead atoms. The lowest BCUT2D eigenvalue weighted by atomic mass is 10.0. The van der Waals surface area contributed by atoms with Crippen molar-refractivity contribution in [1.29, 1.82) is 0 Å². The van der Waals surface area contributed by atoms with Gasteiger partial charge in [-0.2, -0.15) is 4.31 Å². The van der Waals surface area contributed by atoms with Crippen molar-refractivity contribution in [3.8, 4) is 11.5 Å². The van der Waals surface area contributed by atoms with Gasteiger partial charge in [-0.05, 0) is 24.1 Å². The highest BCUT2D eigenvalue weighted by Crippen LogP contribution is 2.34. The van der Waals surface area contributed by atoms with Gasteiger partial charge in [0.15, 0.2) is 11.5 Å². The highest BCUT2D eigenvalue weighted by Gasteiger charge is 2.46.